The van der Waals surface area contributed by atoms with Gasteiger partial charge < -0.3 is 20.2 Å². The summed E-state index contributed by atoms with van der Waals surface area (Å²) in [6, 6.07) is 5.67. The van der Waals surface area contributed by atoms with Gasteiger partial charge >= 0.3 is 0 Å². The molecule has 2 saturated heterocycles. The Morgan fingerprint density at radius 1 is 1.29 bits per heavy atom. The fourth-order valence-electron chi connectivity index (χ4n) is 4.67. The molecule has 0 amide bonds. The smallest absolute Gasteiger partial charge is 0.227 e. The van der Waals surface area contributed by atoms with E-state index in [0.717, 1.165) is 43.9 Å². The van der Waals surface area contributed by atoms with Crippen LogP contribution in [0.5, 0.6) is 0 Å². The molecule has 31 heavy (non-hydrogen) atoms. The van der Waals surface area contributed by atoms with Crippen molar-refractivity contribution in [2.75, 3.05) is 49.5 Å². The fraction of sp³-hybridized carbons (Fsp3) is 0.565. The number of piperidine rings is 1. The number of anilines is 2. The number of nitrogens with one attached hydrogen (secondary N) is 1. The van der Waals surface area contributed by atoms with Gasteiger partial charge in [0, 0.05) is 31.2 Å². The van der Waals surface area contributed by atoms with Crippen molar-refractivity contribution in [1.29, 1.82) is 0 Å². The summed E-state index contributed by atoms with van der Waals surface area (Å²) < 4.78 is 14.4. The van der Waals surface area contributed by atoms with Crippen LogP contribution in [0.15, 0.2) is 24.4 Å². The highest BCUT2D eigenvalue weighted by Crippen LogP contribution is 2.33. The molecule has 6 nitrogen and oxygen atoms in total. The van der Waals surface area contributed by atoms with Crippen molar-refractivity contribution in [2.45, 2.75) is 32.7 Å². The summed E-state index contributed by atoms with van der Waals surface area (Å²) in [6.45, 7) is 8.81. The summed E-state index contributed by atoms with van der Waals surface area (Å²) in [5.74, 6) is 1.52. The number of aliphatic hydroxyl groups excluding tert-OH is 1. The molecule has 2 aliphatic rings. The number of nitrogens with zero attached hydrogens (tertiary/aromatic N) is 4. The molecule has 4 rings (SSSR count). The number of benzene rings is 1. The van der Waals surface area contributed by atoms with Gasteiger partial charge in [-0.15, -0.1) is 0 Å². The van der Waals surface area contributed by atoms with Crippen molar-refractivity contribution in [3.8, 4) is 0 Å². The Hall–Kier alpha value is -1.96. The maximum absolute atomic E-state index is 14.4. The third kappa shape index (κ3) is 5.10. The van der Waals surface area contributed by atoms with Crippen LogP contribution < -0.4 is 10.2 Å². The molecule has 2 aliphatic heterocycles. The van der Waals surface area contributed by atoms with Crippen LogP contribution in [0, 0.1) is 24.6 Å². The van der Waals surface area contributed by atoms with Gasteiger partial charge in [0.2, 0.25) is 5.95 Å². The standard InChI is InChI=1S/C23H31ClFN5O/c1-15-5-6-19(20(24)10-15)16(2)27-22-21(25)11-26-23(28-22)30-13-18(14-30)17-4-3-7-29(12-17)8-9-31/h5-6,10-11,16-18,31H,3-4,7-9,12-14H2,1-2H3,(H,26,27,28)/t16-,17+/m1/s1. The topological polar surface area (TPSA) is 64.5 Å². The van der Waals surface area contributed by atoms with E-state index in [1.54, 1.807) is 0 Å². The van der Waals surface area contributed by atoms with E-state index in [4.69, 9.17) is 11.6 Å². The van der Waals surface area contributed by atoms with Gasteiger partial charge in [0.1, 0.15) is 0 Å². The Labute approximate surface area is 188 Å². The van der Waals surface area contributed by atoms with Gasteiger partial charge in [0.15, 0.2) is 11.6 Å². The van der Waals surface area contributed by atoms with E-state index in [2.05, 4.69) is 25.1 Å². The third-order valence-electron chi connectivity index (χ3n) is 6.52. The van der Waals surface area contributed by atoms with Crippen LogP contribution in [0.25, 0.3) is 0 Å². The number of β-amino-alcohol motifs (C(OH)–C–C–N with tert-alkyl or cyclic N) is 1. The van der Waals surface area contributed by atoms with Crippen molar-refractivity contribution >= 4 is 23.4 Å². The van der Waals surface area contributed by atoms with Crippen LogP contribution in [0.3, 0.4) is 0 Å². The molecule has 0 unspecified atom stereocenters. The summed E-state index contributed by atoms with van der Waals surface area (Å²) in [7, 11) is 0. The minimum absolute atomic E-state index is 0.186. The number of hydrogen-bond acceptors (Lipinski definition) is 6. The molecule has 0 bridgehead atoms. The Balaban J connectivity index is 1.38. The van der Waals surface area contributed by atoms with Gasteiger partial charge in [-0.25, -0.2) is 9.37 Å². The molecule has 8 heteroatoms. The number of likely N-dealkylation sites (tertiary alicyclic amines) is 1. The number of aryl methyl sites for hydroxylation is 1. The lowest BCUT2D eigenvalue weighted by atomic mass is 9.81. The number of aromatic nitrogens is 2. The zero-order valence-corrected chi connectivity index (χ0v) is 18.9. The van der Waals surface area contributed by atoms with Crippen molar-refractivity contribution in [1.82, 2.24) is 14.9 Å². The summed E-state index contributed by atoms with van der Waals surface area (Å²) in [5.41, 5.74) is 1.99. The molecular formula is C23H31ClFN5O. The zero-order chi connectivity index (χ0) is 22.0. The average Bonchev–Trinajstić information content (AvgIpc) is 2.70. The molecule has 2 fully saturated rings. The molecule has 1 aromatic carbocycles. The van der Waals surface area contributed by atoms with Crippen molar-refractivity contribution in [3.05, 3.63) is 46.4 Å². The third-order valence-corrected chi connectivity index (χ3v) is 6.85. The molecule has 0 saturated carbocycles. The Morgan fingerprint density at radius 3 is 2.84 bits per heavy atom. The van der Waals surface area contributed by atoms with Gasteiger partial charge in [0.25, 0.3) is 0 Å². The van der Waals surface area contributed by atoms with Crippen LogP contribution >= 0.6 is 11.6 Å². The van der Waals surface area contributed by atoms with E-state index in [9.17, 15) is 9.50 Å². The van der Waals surface area contributed by atoms with Gasteiger partial charge in [-0.1, -0.05) is 23.7 Å². The van der Waals surface area contributed by atoms with Crippen molar-refractivity contribution in [2.24, 2.45) is 11.8 Å². The van der Waals surface area contributed by atoms with E-state index < -0.39 is 5.82 Å². The maximum Gasteiger partial charge on any atom is 0.227 e. The molecule has 2 aromatic rings. The normalized spacial score (nSPS) is 21.1. The van der Waals surface area contributed by atoms with Crippen LogP contribution in [0.4, 0.5) is 16.2 Å². The largest absolute Gasteiger partial charge is 0.395 e. The predicted molar refractivity (Wildman–Crippen MR) is 122 cm³/mol. The van der Waals surface area contributed by atoms with E-state index in [1.807, 2.05) is 32.0 Å². The zero-order valence-electron chi connectivity index (χ0n) is 18.2. The number of aliphatic hydroxyl groups is 1. The van der Waals surface area contributed by atoms with E-state index >= 15 is 0 Å². The highest BCUT2D eigenvalue weighted by molar-refractivity contribution is 6.31. The van der Waals surface area contributed by atoms with Crippen LogP contribution in [0.2, 0.25) is 5.02 Å². The molecule has 0 radical (unpaired) electrons. The van der Waals surface area contributed by atoms with Gasteiger partial charge in [-0.2, -0.15) is 4.98 Å². The first-order chi connectivity index (χ1) is 14.9. The first kappa shape index (κ1) is 22.2. The molecule has 0 aliphatic carbocycles. The van der Waals surface area contributed by atoms with Gasteiger partial charge in [-0.3, -0.25) is 0 Å². The molecule has 0 spiro atoms. The summed E-state index contributed by atoms with van der Waals surface area (Å²) in [6.07, 6.45) is 3.65. The second kappa shape index (κ2) is 9.67. The van der Waals surface area contributed by atoms with E-state index in [0.29, 0.717) is 22.8 Å². The Bertz CT molecular complexity index is 906. The monoisotopic (exact) mass is 447 g/mol. The quantitative estimate of drug-likeness (QED) is 0.671. The summed E-state index contributed by atoms with van der Waals surface area (Å²) in [4.78, 5) is 13.2. The molecule has 168 valence electrons. The summed E-state index contributed by atoms with van der Waals surface area (Å²) in [5, 5.41) is 13.0. The second-order valence-corrected chi connectivity index (χ2v) is 9.26. The van der Waals surface area contributed by atoms with Gasteiger partial charge in [-0.05, 0) is 62.3 Å². The first-order valence-corrected chi connectivity index (χ1v) is 11.5. The van der Waals surface area contributed by atoms with Crippen molar-refractivity contribution in [3.63, 3.8) is 0 Å². The lowest BCUT2D eigenvalue weighted by molar-refractivity contribution is 0.101. The second-order valence-electron chi connectivity index (χ2n) is 8.85. The van der Waals surface area contributed by atoms with Crippen molar-refractivity contribution < 1.29 is 9.50 Å². The predicted octanol–water partition coefficient (Wildman–Crippen LogP) is 3.89. The Kier molecular flexibility index (Phi) is 6.94. The van der Waals surface area contributed by atoms with Gasteiger partial charge in [0.05, 0.1) is 18.8 Å². The van der Waals surface area contributed by atoms with E-state index in [-0.39, 0.29) is 18.5 Å². The fourth-order valence-corrected chi connectivity index (χ4v) is 5.07. The number of halogens is 2. The van der Waals surface area contributed by atoms with Crippen LogP contribution in [-0.4, -0.2) is 59.3 Å². The highest BCUT2D eigenvalue weighted by atomic mass is 35.5. The maximum atomic E-state index is 14.4. The molecule has 2 atom stereocenters. The lowest BCUT2D eigenvalue weighted by Gasteiger charge is -2.46. The number of rotatable bonds is 7. The average molecular weight is 448 g/mol. The highest BCUT2D eigenvalue weighted by Gasteiger charge is 2.37. The molecule has 2 N–H and O–H groups in total. The van der Waals surface area contributed by atoms with E-state index in [1.165, 1.54) is 19.0 Å². The lowest BCUT2D eigenvalue weighted by Crippen LogP contribution is -2.54. The van der Waals surface area contributed by atoms with Crippen LogP contribution in [0.1, 0.15) is 36.9 Å². The SMILES string of the molecule is Cc1ccc([C@@H](C)Nc2nc(N3CC([C@H]4CCCN(CCO)C4)C3)ncc2F)c(Cl)c1. The number of hydrogen-bond donors (Lipinski definition) is 2. The molecule has 1 aromatic heterocycles. The minimum Gasteiger partial charge on any atom is -0.395 e. The molecular weight excluding hydrogens is 417 g/mol. The summed E-state index contributed by atoms with van der Waals surface area (Å²) >= 11 is 6.37. The van der Waals surface area contributed by atoms with Crippen LogP contribution in [-0.2, 0) is 0 Å². The Morgan fingerprint density at radius 2 is 2.10 bits per heavy atom. The first-order valence-electron chi connectivity index (χ1n) is 11.1. The molecule has 3 heterocycles. The minimum atomic E-state index is -0.470.